The van der Waals surface area contributed by atoms with Gasteiger partial charge in [0.25, 0.3) is 0 Å². The summed E-state index contributed by atoms with van der Waals surface area (Å²) in [6.07, 6.45) is 1.47. The van der Waals surface area contributed by atoms with Crippen molar-refractivity contribution >= 4 is 6.09 Å². The van der Waals surface area contributed by atoms with Crippen LogP contribution in [0.25, 0.3) is 0 Å². The van der Waals surface area contributed by atoms with Crippen molar-refractivity contribution in [2.45, 2.75) is 52.8 Å². The summed E-state index contributed by atoms with van der Waals surface area (Å²) in [5.74, 6) is 0. The topological polar surface area (TPSA) is 63.2 Å². The van der Waals surface area contributed by atoms with E-state index >= 15 is 0 Å². The van der Waals surface area contributed by atoms with E-state index in [1.165, 1.54) is 0 Å². The Kier molecular flexibility index (Phi) is 5.95. The molecule has 0 bridgehead atoms. The summed E-state index contributed by atoms with van der Waals surface area (Å²) in [5, 5.41) is 6.07. The Morgan fingerprint density at radius 1 is 1.40 bits per heavy atom. The Bertz CT molecular complexity index is 424. The molecule has 112 valence electrons. The molecule has 0 fully saturated rings. The molecule has 0 saturated heterocycles. The van der Waals surface area contributed by atoms with E-state index in [1.807, 2.05) is 52.9 Å². The Balaban J connectivity index is 2.24. The van der Waals surface area contributed by atoms with Crippen molar-refractivity contribution in [3.8, 4) is 0 Å². The molecular formula is C15H25N3O2. The highest BCUT2D eigenvalue weighted by atomic mass is 16.6. The second-order valence-electron chi connectivity index (χ2n) is 5.99. The molecule has 20 heavy (non-hydrogen) atoms. The molecule has 5 nitrogen and oxygen atoms in total. The van der Waals surface area contributed by atoms with Crippen LogP contribution in [0.3, 0.4) is 0 Å². The monoisotopic (exact) mass is 279 g/mol. The molecule has 0 aliphatic rings. The SMILES string of the molecule is Cc1ccc(CNCC(C)NC(=O)OC(C)(C)C)cn1. The average molecular weight is 279 g/mol. The smallest absolute Gasteiger partial charge is 0.407 e. The predicted octanol–water partition coefficient (Wildman–Crippen LogP) is 2.39. The maximum atomic E-state index is 11.6. The zero-order chi connectivity index (χ0) is 15.2. The first kappa shape index (κ1) is 16.4. The van der Waals surface area contributed by atoms with Gasteiger partial charge in [-0.15, -0.1) is 0 Å². The lowest BCUT2D eigenvalue weighted by Crippen LogP contribution is -2.42. The fourth-order valence-corrected chi connectivity index (χ4v) is 1.60. The van der Waals surface area contributed by atoms with E-state index in [0.29, 0.717) is 6.54 Å². The molecule has 1 rings (SSSR count). The highest BCUT2D eigenvalue weighted by Gasteiger charge is 2.17. The van der Waals surface area contributed by atoms with Crippen LogP contribution in [0.2, 0.25) is 0 Å². The van der Waals surface area contributed by atoms with E-state index < -0.39 is 5.60 Å². The summed E-state index contributed by atoms with van der Waals surface area (Å²) >= 11 is 0. The van der Waals surface area contributed by atoms with Crippen LogP contribution >= 0.6 is 0 Å². The highest BCUT2D eigenvalue weighted by Crippen LogP contribution is 2.06. The van der Waals surface area contributed by atoms with Crippen molar-refractivity contribution in [2.24, 2.45) is 0 Å². The molecule has 1 amide bonds. The van der Waals surface area contributed by atoms with E-state index in [4.69, 9.17) is 4.74 Å². The summed E-state index contributed by atoms with van der Waals surface area (Å²) < 4.78 is 5.20. The molecule has 0 spiro atoms. The first-order valence-corrected chi connectivity index (χ1v) is 6.88. The second kappa shape index (κ2) is 7.24. The number of pyridine rings is 1. The van der Waals surface area contributed by atoms with E-state index in [1.54, 1.807) is 0 Å². The number of nitrogens with one attached hydrogen (secondary N) is 2. The van der Waals surface area contributed by atoms with Crippen LogP contribution in [-0.2, 0) is 11.3 Å². The fourth-order valence-electron chi connectivity index (χ4n) is 1.60. The third-order valence-corrected chi connectivity index (χ3v) is 2.52. The molecular weight excluding hydrogens is 254 g/mol. The Morgan fingerprint density at radius 2 is 2.10 bits per heavy atom. The standard InChI is InChI=1S/C15H25N3O2/c1-11-6-7-13(10-17-11)9-16-8-12(2)18-14(19)20-15(3,4)5/h6-7,10,12,16H,8-9H2,1-5H3,(H,18,19). The third kappa shape index (κ3) is 7.09. The van der Waals surface area contributed by atoms with Crippen LogP contribution in [-0.4, -0.2) is 29.3 Å². The van der Waals surface area contributed by atoms with Gasteiger partial charge in [0.1, 0.15) is 5.60 Å². The number of aryl methyl sites for hydroxylation is 1. The number of carbonyl (C=O) groups is 1. The Morgan fingerprint density at radius 3 is 2.65 bits per heavy atom. The van der Waals surface area contributed by atoms with Crippen molar-refractivity contribution < 1.29 is 9.53 Å². The second-order valence-corrected chi connectivity index (χ2v) is 5.99. The van der Waals surface area contributed by atoms with Crippen molar-refractivity contribution in [2.75, 3.05) is 6.54 Å². The number of amides is 1. The van der Waals surface area contributed by atoms with Crippen molar-refractivity contribution in [1.29, 1.82) is 0 Å². The molecule has 1 atom stereocenters. The minimum Gasteiger partial charge on any atom is -0.444 e. The molecule has 0 radical (unpaired) electrons. The van der Waals surface area contributed by atoms with Crippen LogP contribution in [0.15, 0.2) is 18.3 Å². The first-order valence-electron chi connectivity index (χ1n) is 6.88. The first-order chi connectivity index (χ1) is 9.26. The van der Waals surface area contributed by atoms with Gasteiger partial charge in [0.2, 0.25) is 0 Å². The number of carbonyl (C=O) groups excluding carboxylic acids is 1. The molecule has 0 aliphatic carbocycles. The zero-order valence-corrected chi connectivity index (χ0v) is 13.0. The quantitative estimate of drug-likeness (QED) is 0.868. The van der Waals surface area contributed by atoms with Gasteiger partial charge in [-0.05, 0) is 46.2 Å². The molecule has 1 aromatic heterocycles. The van der Waals surface area contributed by atoms with Gasteiger partial charge in [-0.25, -0.2) is 4.79 Å². The fraction of sp³-hybridized carbons (Fsp3) is 0.600. The van der Waals surface area contributed by atoms with Crippen LogP contribution in [0.5, 0.6) is 0 Å². The molecule has 1 unspecified atom stereocenters. The van der Waals surface area contributed by atoms with E-state index in [0.717, 1.165) is 17.8 Å². The van der Waals surface area contributed by atoms with Gasteiger partial charge in [-0.2, -0.15) is 0 Å². The minimum atomic E-state index is -0.467. The number of aromatic nitrogens is 1. The van der Waals surface area contributed by atoms with E-state index in [-0.39, 0.29) is 12.1 Å². The molecule has 0 saturated carbocycles. The van der Waals surface area contributed by atoms with Gasteiger partial charge < -0.3 is 15.4 Å². The van der Waals surface area contributed by atoms with E-state index in [2.05, 4.69) is 15.6 Å². The molecule has 1 aromatic rings. The highest BCUT2D eigenvalue weighted by molar-refractivity contribution is 5.68. The van der Waals surface area contributed by atoms with Crippen LogP contribution in [0, 0.1) is 6.92 Å². The lowest BCUT2D eigenvalue weighted by Gasteiger charge is -2.22. The maximum Gasteiger partial charge on any atom is 0.407 e. The van der Waals surface area contributed by atoms with Crippen molar-refractivity contribution in [1.82, 2.24) is 15.6 Å². The third-order valence-electron chi connectivity index (χ3n) is 2.52. The minimum absolute atomic E-state index is 0.00302. The number of ether oxygens (including phenoxy) is 1. The molecule has 0 aromatic carbocycles. The summed E-state index contributed by atoms with van der Waals surface area (Å²) in [4.78, 5) is 15.8. The van der Waals surface area contributed by atoms with Gasteiger partial charge in [-0.1, -0.05) is 6.07 Å². The summed E-state index contributed by atoms with van der Waals surface area (Å²) in [6.45, 7) is 10.8. The number of alkyl carbamates (subject to hydrolysis) is 1. The predicted molar refractivity (Wildman–Crippen MR) is 79.5 cm³/mol. The Hall–Kier alpha value is -1.62. The van der Waals surface area contributed by atoms with Gasteiger partial charge in [-0.3, -0.25) is 4.98 Å². The lowest BCUT2D eigenvalue weighted by molar-refractivity contribution is 0.0508. The van der Waals surface area contributed by atoms with Crippen LogP contribution in [0.4, 0.5) is 4.79 Å². The van der Waals surface area contributed by atoms with Gasteiger partial charge in [0, 0.05) is 31.0 Å². The zero-order valence-electron chi connectivity index (χ0n) is 13.0. The van der Waals surface area contributed by atoms with Gasteiger partial charge in [0.05, 0.1) is 0 Å². The summed E-state index contributed by atoms with van der Waals surface area (Å²) in [7, 11) is 0. The number of nitrogens with zero attached hydrogens (tertiary/aromatic N) is 1. The number of hydrogen-bond donors (Lipinski definition) is 2. The lowest BCUT2D eigenvalue weighted by atomic mass is 10.2. The number of hydrogen-bond acceptors (Lipinski definition) is 4. The number of rotatable bonds is 5. The molecule has 5 heteroatoms. The van der Waals surface area contributed by atoms with Crippen LogP contribution < -0.4 is 10.6 Å². The molecule has 1 heterocycles. The van der Waals surface area contributed by atoms with Gasteiger partial charge >= 0.3 is 6.09 Å². The maximum absolute atomic E-state index is 11.6. The van der Waals surface area contributed by atoms with E-state index in [9.17, 15) is 4.79 Å². The largest absolute Gasteiger partial charge is 0.444 e. The molecule has 2 N–H and O–H groups in total. The summed E-state index contributed by atoms with van der Waals surface area (Å²) in [6, 6.07) is 4.03. The molecule has 0 aliphatic heterocycles. The normalized spacial score (nSPS) is 12.8. The summed E-state index contributed by atoms with van der Waals surface area (Å²) in [5.41, 5.74) is 1.67. The van der Waals surface area contributed by atoms with Crippen LogP contribution in [0.1, 0.15) is 39.0 Å². The Labute approximate surface area is 121 Å². The average Bonchev–Trinajstić information content (AvgIpc) is 2.29. The van der Waals surface area contributed by atoms with Crippen molar-refractivity contribution in [3.63, 3.8) is 0 Å². The van der Waals surface area contributed by atoms with Crippen molar-refractivity contribution in [3.05, 3.63) is 29.6 Å². The van der Waals surface area contributed by atoms with Gasteiger partial charge in [0.15, 0.2) is 0 Å².